The molecule has 1 aromatic carbocycles. The van der Waals surface area contributed by atoms with E-state index in [0.29, 0.717) is 30.0 Å². The predicted molar refractivity (Wildman–Crippen MR) is 199 cm³/mol. The molecule has 0 bridgehead atoms. The van der Waals surface area contributed by atoms with Crippen LogP contribution in [0.2, 0.25) is 0 Å². The van der Waals surface area contributed by atoms with E-state index in [1.807, 2.05) is 6.92 Å². The molecule has 1 saturated heterocycles. The third kappa shape index (κ3) is 9.68. The molecular formula is C38H51N5O10S. The largest absolute Gasteiger partial charge is 0.497 e. The van der Waals surface area contributed by atoms with E-state index in [-0.39, 0.29) is 55.6 Å². The van der Waals surface area contributed by atoms with Gasteiger partial charge < -0.3 is 29.7 Å². The first kappa shape index (κ1) is 36.3. The lowest BCUT2D eigenvalue weighted by molar-refractivity contribution is -0.141. The Morgan fingerprint density at radius 1 is 1.15 bits per heavy atom. The molecule has 4 amide bonds. The number of hydrogen-bond acceptors (Lipinski definition) is 11. The number of amides is 4. The number of fused-ring (bicyclic) bond motifs is 1. The Morgan fingerprint density at radius 3 is 2.52 bits per heavy atom. The molecule has 2 aliphatic carbocycles. The number of ether oxygens (including phenoxy) is 3. The number of aromatic nitrogens is 1. The molecule has 54 heavy (non-hydrogen) atoms. The first-order valence-electron chi connectivity index (χ1n) is 19.6. The van der Waals surface area contributed by atoms with Crippen LogP contribution >= 0.6 is 0 Å². The average Bonchev–Trinajstić information content (AvgIpc) is 4.01. The van der Waals surface area contributed by atoms with E-state index in [0.717, 1.165) is 5.57 Å². The third-order valence-electron chi connectivity index (χ3n) is 9.61. The quantitative estimate of drug-likeness (QED) is 0.223. The second-order valence-electron chi connectivity index (χ2n) is 15.5. The summed E-state index contributed by atoms with van der Waals surface area (Å²) < 4.78 is 66.7. The zero-order chi connectivity index (χ0) is 42.1. The number of methoxy groups -OCH3 is 1. The van der Waals surface area contributed by atoms with Crippen LogP contribution in [0.3, 0.4) is 0 Å². The Labute approximate surface area is 320 Å². The summed E-state index contributed by atoms with van der Waals surface area (Å²) in [4.78, 5) is 73.7. The van der Waals surface area contributed by atoms with Gasteiger partial charge in [-0.1, -0.05) is 18.9 Å². The number of nitrogens with one attached hydrogen (secondary N) is 3. The van der Waals surface area contributed by atoms with Crippen molar-refractivity contribution in [2.24, 2.45) is 5.92 Å². The fourth-order valence-electron chi connectivity index (χ4n) is 6.70. The van der Waals surface area contributed by atoms with Crippen molar-refractivity contribution in [3.63, 3.8) is 0 Å². The predicted octanol–water partition coefficient (Wildman–Crippen LogP) is 3.69. The molecular weight excluding hydrogens is 719 g/mol. The summed E-state index contributed by atoms with van der Waals surface area (Å²) >= 11 is 0. The number of alkyl carbamates (subject to hydrolysis) is 1. The number of sulfonamides is 1. The minimum absolute atomic E-state index is 0.0916. The van der Waals surface area contributed by atoms with Gasteiger partial charge in [-0.05, 0) is 102 Å². The number of benzene rings is 1. The zero-order valence-corrected chi connectivity index (χ0v) is 32.2. The average molecular weight is 773 g/mol. The van der Waals surface area contributed by atoms with E-state index in [1.165, 1.54) is 29.3 Å². The highest BCUT2D eigenvalue weighted by atomic mass is 32.2. The van der Waals surface area contributed by atoms with E-state index >= 15 is 0 Å². The summed E-state index contributed by atoms with van der Waals surface area (Å²) in [7, 11) is -6.61. The molecule has 2 heterocycles. The van der Waals surface area contributed by atoms with Gasteiger partial charge in [-0.15, -0.1) is 0 Å². The lowest BCUT2D eigenvalue weighted by atomic mass is 10.0. The summed E-state index contributed by atoms with van der Waals surface area (Å²) in [6.45, 7) is 10.1. The molecule has 294 valence electrons. The lowest BCUT2D eigenvalue weighted by Crippen LogP contribution is -2.58. The number of carbonyl (C=O) groups excluding carboxylic acids is 5. The van der Waals surface area contributed by atoms with Gasteiger partial charge in [0.25, 0.3) is 5.91 Å². The molecule has 1 unspecified atom stereocenters. The summed E-state index contributed by atoms with van der Waals surface area (Å²) in [6.07, 6.45) is 2.25. The van der Waals surface area contributed by atoms with Crippen LogP contribution in [-0.4, -0.2) is 96.1 Å². The highest BCUT2D eigenvalue weighted by Gasteiger charge is 2.62. The van der Waals surface area contributed by atoms with Gasteiger partial charge in [-0.25, -0.2) is 18.2 Å². The molecule has 5 rings (SSSR count). The highest BCUT2D eigenvalue weighted by molar-refractivity contribution is 7.91. The fraction of sp³-hybridized carbons (Fsp3) is 0.579. The molecule has 16 heteroatoms. The maximum Gasteiger partial charge on any atom is 0.408 e. The van der Waals surface area contributed by atoms with Gasteiger partial charge in [-0.2, -0.15) is 0 Å². The second-order valence-corrected chi connectivity index (χ2v) is 17.4. The Morgan fingerprint density at radius 2 is 1.89 bits per heavy atom. The summed E-state index contributed by atoms with van der Waals surface area (Å²) in [5.41, 5.74) is -1.70. The van der Waals surface area contributed by atoms with Crippen molar-refractivity contribution in [3.05, 3.63) is 42.1 Å². The Kier molecular flexibility index (Phi) is 10.7. The van der Waals surface area contributed by atoms with Gasteiger partial charge in [0.2, 0.25) is 27.7 Å². The van der Waals surface area contributed by atoms with Gasteiger partial charge in [0.15, 0.2) is 5.78 Å². The second kappa shape index (κ2) is 15.9. The Balaban J connectivity index is 1.45. The van der Waals surface area contributed by atoms with Gasteiger partial charge in [-0.3, -0.25) is 23.9 Å². The van der Waals surface area contributed by atoms with E-state index < -0.39 is 75.5 Å². The number of allylic oxidation sites excluding steroid dienone is 2. The maximum absolute atomic E-state index is 14.5. The van der Waals surface area contributed by atoms with Crippen LogP contribution in [0.25, 0.3) is 10.8 Å². The molecule has 3 aliphatic rings. The number of carbonyl (C=O) groups is 5. The number of rotatable bonds is 15. The molecule has 3 N–H and O–H groups in total. The SMILES string of the molecule is [2H]C([2H])([2H])Oc1ccc2c(O[C@@H]3C[C@@H](C(=O)N[C@]4(C(=O)NS(=O)(=O)C5CC5)CC4CC)N(C(=O)[C@H](CCC(=O)C=C(C)C)NC(=O)OC(C)(C)C)C3)nccc2c1. The normalized spacial score (nSPS) is 23.9. The van der Waals surface area contributed by atoms with Crippen molar-refractivity contribution in [2.45, 2.75) is 121 Å². The van der Waals surface area contributed by atoms with Gasteiger partial charge >= 0.3 is 6.09 Å². The molecule has 2 aromatic rings. The van der Waals surface area contributed by atoms with Gasteiger partial charge in [0.1, 0.15) is 35.1 Å². The van der Waals surface area contributed by atoms with Crippen molar-refractivity contribution in [3.8, 4) is 11.6 Å². The molecule has 0 radical (unpaired) electrons. The summed E-state index contributed by atoms with van der Waals surface area (Å²) in [6, 6.07) is 3.57. The maximum atomic E-state index is 14.5. The highest BCUT2D eigenvalue weighted by Crippen LogP contribution is 2.47. The van der Waals surface area contributed by atoms with E-state index in [9.17, 15) is 32.4 Å². The van der Waals surface area contributed by atoms with Gasteiger partial charge in [0, 0.05) is 24.4 Å². The minimum atomic E-state index is -3.93. The first-order chi connectivity index (χ1) is 26.5. The minimum Gasteiger partial charge on any atom is -0.497 e. The van der Waals surface area contributed by atoms with Crippen LogP contribution in [0.5, 0.6) is 11.6 Å². The molecule has 2 saturated carbocycles. The van der Waals surface area contributed by atoms with Crippen LogP contribution in [0.4, 0.5) is 4.79 Å². The van der Waals surface area contributed by atoms with Crippen LogP contribution in [0.15, 0.2) is 42.1 Å². The Hall–Kier alpha value is -4.73. The molecule has 5 atom stereocenters. The fourth-order valence-corrected chi connectivity index (χ4v) is 8.07. The first-order valence-corrected chi connectivity index (χ1v) is 19.6. The molecule has 3 fully saturated rings. The smallest absolute Gasteiger partial charge is 0.408 e. The molecule has 15 nitrogen and oxygen atoms in total. The van der Waals surface area contributed by atoms with Crippen molar-refractivity contribution < 1.29 is 50.7 Å². The van der Waals surface area contributed by atoms with Crippen molar-refractivity contribution >= 4 is 50.4 Å². The zero-order valence-electron chi connectivity index (χ0n) is 34.4. The van der Waals surface area contributed by atoms with Crippen molar-refractivity contribution in [2.75, 3.05) is 13.6 Å². The van der Waals surface area contributed by atoms with Crippen LogP contribution in [0.1, 0.15) is 90.6 Å². The van der Waals surface area contributed by atoms with E-state index in [1.54, 1.807) is 46.8 Å². The third-order valence-corrected chi connectivity index (χ3v) is 11.4. The number of likely N-dealkylation sites (tertiary alicyclic amines) is 1. The van der Waals surface area contributed by atoms with Crippen molar-refractivity contribution in [1.82, 2.24) is 25.2 Å². The van der Waals surface area contributed by atoms with Gasteiger partial charge in [0.05, 0.1) is 22.9 Å². The molecule has 1 aliphatic heterocycles. The van der Waals surface area contributed by atoms with Crippen LogP contribution < -0.4 is 24.8 Å². The monoisotopic (exact) mass is 772 g/mol. The van der Waals surface area contributed by atoms with E-state index in [2.05, 4.69) is 20.3 Å². The molecule has 1 aromatic heterocycles. The van der Waals surface area contributed by atoms with Crippen molar-refractivity contribution in [1.29, 1.82) is 0 Å². The standard InChI is InChI=1S/C38H51N5O10S/c1-8-24-20-38(24,35(47)42-54(49,50)28-11-12-28)41-32(45)31-19-27(52-33-29-13-10-26(51-7)18-23(29)15-16-39-33)21-43(31)34(46)30(14-9-25(44)17-22(2)3)40-36(48)53-37(4,5)6/h10,13,15-18,24,27-28,30-31H,8-9,11-12,14,19-21H2,1-7H3,(H,40,48)(H,41,45)(H,42,47)/t24?,27-,30+,31+,38-/m1/s1/i7D3. The number of ketones is 1. The van der Waals surface area contributed by atoms with Crippen LogP contribution in [-0.2, 0) is 33.9 Å². The lowest BCUT2D eigenvalue weighted by Gasteiger charge is -2.30. The summed E-state index contributed by atoms with van der Waals surface area (Å²) in [5.74, 6) is -2.73. The summed E-state index contributed by atoms with van der Waals surface area (Å²) in [5, 5.41) is 5.71. The van der Waals surface area contributed by atoms with Crippen LogP contribution in [0, 0.1) is 5.92 Å². The Bertz CT molecular complexity index is 2050. The van der Waals surface area contributed by atoms with E-state index in [4.69, 9.17) is 18.3 Å². The number of hydrogen-bond donors (Lipinski definition) is 3. The molecule has 0 spiro atoms. The topological polar surface area (TPSA) is 199 Å². The number of pyridine rings is 1. The number of nitrogens with zero attached hydrogens (tertiary/aromatic N) is 2.